The molecule has 1 aliphatic rings. The summed E-state index contributed by atoms with van der Waals surface area (Å²) in [4.78, 5) is 0.0142. The molecule has 1 heterocycles. The summed E-state index contributed by atoms with van der Waals surface area (Å²) in [6.45, 7) is 1.97. The highest BCUT2D eigenvalue weighted by Crippen LogP contribution is 2.22. The van der Waals surface area contributed by atoms with Gasteiger partial charge in [0.05, 0.1) is 9.79 Å². The van der Waals surface area contributed by atoms with Gasteiger partial charge in [0.2, 0.25) is 20.0 Å². The second kappa shape index (κ2) is 10.6. The predicted octanol–water partition coefficient (Wildman–Crippen LogP) is 1.56. The van der Waals surface area contributed by atoms with Crippen molar-refractivity contribution in [2.24, 2.45) is 0 Å². The molecular weight excluding hydrogens is 398 g/mol. The molecule has 1 aliphatic heterocycles. The molecule has 26 heavy (non-hydrogen) atoms. The van der Waals surface area contributed by atoms with Gasteiger partial charge in [0.25, 0.3) is 0 Å². The minimum absolute atomic E-state index is 0. The van der Waals surface area contributed by atoms with Crippen LogP contribution in [-0.2, 0) is 20.0 Å². The van der Waals surface area contributed by atoms with Gasteiger partial charge in [0, 0.05) is 19.6 Å². The summed E-state index contributed by atoms with van der Waals surface area (Å²) in [5.41, 5.74) is 0. The van der Waals surface area contributed by atoms with E-state index in [0.717, 1.165) is 25.7 Å². The summed E-state index contributed by atoms with van der Waals surface area (Å²) in [6, 6.07) is 5.61. The Morgan fingerprint density at radius 3 is 2.19 bits per heavy atom. The fourth-order valence-electron chi connectivity index (χ4n) is 2.79. The van der Waals surface area contributed by atoms with E-state index in [4.69, 9.17) is 0 Å². The number of halogens is 1. The van der Waals surface area contributed by atoms with Crippen LogP contribution in [0, 0.1) is 0 Å². The quantitative estimate of drug-likeness (QED) is 0.616. The van der Waals surface area contributed by atoms with E-state index >= 15 is 0 Å². The lowest BCUT2D eigenvalue weighted by molar-refractivity contribution is 0.423. The van der Waals surface area contributed by atoms with Crippen LogP contribution in [0.25, 0.3) is 0 Å². The second-order valence-corrected chi connectivity index (χ2v) is 9.85. The van der Waals surface area contributed by atoms with Gasteiger partial charge in [-0.1, -0.05) is 18.9 Å². The Morgan fingerprint density at radius 1 is 0.962 bits per heavy atom. The van der Waals surface area contributed by atoms with Gasteiger partial charge in [-0.3, -0.25) is 0 Å². The van der Waals surface area contributed by atoms with Crippen molar-refractivity contribution in [2.75, 3.05) is 33.2 Å². The monoisotopic (exact) mass is 425 g/mol. The molecule has 0 radical (unpaired) electrons. The van der Waals surface area contributed by atoms with E-state index in [1.807, 2.05) is 0 Å². The molecule has 0 unspecified atom stereocenters. The van der Waals surface area contributed by atoms with Crippen LogP contribution >= 0.6 is 12.4 Å². The molecule has 2 N–H and O–H groups in total. The van der Waals surface area contributed by atoms with E-state index in [-0.39, 0.29) is 22.2 Å². The van der Waals surface area contributed by atoms with Crippen molar-refractivity contribution in [3.63, 3.8) is 0 Å². The minimum Gasteiger partial charge on any atom is -0.320 e. The van der Waals surface area contributed by atoms with Gasteiger partial charge in [-0.25, -0.2) is 21.6 Å². The third kappa shape index (κ3) is 6.17. The Hall–Kier alpha value is -0.710. The molecule has 2 rings (SSSR count). The molecule has 0 bridgehead atoms. The van der Waals surface area contributed by atoms with Gasteiger partial charge >= 0.3 is 0 Å². The topological polar surface area (TPSA) is 95.6 Å². The molecule has 7 nitrogen and oxygen atoms in total. The van der Waals surface area contributed by atoms with E-state index in [1.54, 1.807) is 7.05 Å². The van der Waals surface area contributed by atoms with E-state index < -0.39 is 20.0 Å². The van der Waals surface area contributed by atoms with Crippen LogP contribution in [-0.4, -0.2) is 54.4 Å². The average molecular weight is 426 g/mol. The van der Waals surface area contributed by atoms with E-state index in [1.165, 1.54) is 28.6 Å². The molecular formula is C16H28ClN3O4S2. The lowest BCUT2D eigenvalue weighted by Crippen LogP contribution is -2.32. The first-order valence-electron chi connectivity index (χ1n) is 8.62. The Labute approximate surface area is 163 Å². The lowest BCUT2D eigenvalue weighted by Gasteiger charge is -2.20. The Balaban J connectivity index is 0.00000338. The Bertz CT molecular complexity index is 761. The minimum atomic E-state index is -3.72. The van der Waals surface area contributed by atoms with Gasteiger partial charge in [-0.15, -0.1) is 12.4 Å². The predicted molar refractivity (Wildman–Crippen MR) is 105 cm³/mol. The van der Waals surface area contributed by atoms with Gasteiger partial charge in [0.15, 0.2) is 0 Å². The number of hydrogen-bond donors (Lipinski definition) is 2. The van der Waals surface area contributed by atoms with Crippen molar-refractivity contribution >= 4 is 32.5 Å². The van der Waals surface area contributed by atoms with Crippen molar-refractivity contribution < 1.29 is 16.8 Å². The van der Waals surface area contributed by atoms with Crippen LogP contribution in [0.4, 0.5) is 0 Å². The number of nitrogens with one attached hydrogen (secondary N) is 2. The zero-order valence-corrected chi connectivity index (χ0v) is 17.4. The zero-order valence-electron chi connectivity index (χ0n) is 15.0. The number of nitrogens with zero attached hydrogens (tertiary/aromatic N) is 1. The molecule has 0 amide bonds. The molecule has 0 saturated carbocycles. The molecule has 0 aromatic heterocycles. The van der Waals surface area contributed by atoms with E-state index in [2.05, 4.69) is 10.0 Å². The van der Waals surface area contributed by atoms with Crippen molar-refractivity contribution in [3.8, 4) is 0 Å². The number of hydrogen-bond acceptors (Lipinski definition) is 5. The van der Waals surface area contributed by atoms with Crippen molar-refractivity contribution in [3.05, 3.63) is 24.3 Å². The average Bonchev–Trinajstić information content (AvgIpc) is 2.89. The molecule has 0 spiro atoms. The number of benzene rings is 1. The first-order valence-corrected chi connectivity index (χ1v) is 11.5. The Morgan fingerprint density at radius 2 is 1.58 bits per heavy atom. The smallest absolute Gasteiger partial charge is 0.243 e. The molecule has 10 heteroatoms. The summed E-state index contributed by atoms with van der Waals surface area (Å²) in [5.74, 6) is 0. The second-order valence-electron chi connectivity index (χ2n) is 6.15. The standard InChI is InChI=1S/C16H27N3O4S2.ClH/c1-17-10-7-11-18-24(20,21)15-8-6-9-16(14-15)25(22,23)19-12-4-2-3-5-13-19;/h6,8-9,14,17-18H,2-5,7,10-13H2,1H3;1H. The summed E-state index contributed by atoms with van der Waals surface area (Å²) in [5, 5.41) is 2.94. The molecule has 150 valence electrons. The van der Waals surface area contributed by atoms with Crippen LogP contribution in [0.1, 0.15) is 32.1 Å². The maximum absolute atomic E-state index is 12.8. The molecule has 1 aromatic carbocycles. The largest absolute Gasteiger partial charge is 0.320 e. The molecule has 0 aliphatic carbocycles. The summed E-state index contributed by atoms with van der Waals surface area (Å²) in [6.07, 6.45) is 4.38. The van der Waals surface area contributed by atoms with Gasteiger partial charge < -0.3 is 5.32 Å². The third-order valence-corrected chi connectivity index (χ3v) is 7.57. The van der Waals surface area contributed by atoms with Crippen LogP contribution < -0.4 is 10.0 Å². The van der Waals surface area contributed by atoms with Gasteiger partial charge in [-0.2, -0.15) is 4.31 Å². The highest BCUT2D eigenvalue weighted by molar-refractivity contribution is 7.90. The van der Waals surface area contributed by atoms with Gasteiger partial charge in [-0.05, 0) is 51.1 Å². The summed E-state index contributed by atoms with van der Waals surface area (Å²) >= 11 is 0. The molecule has 1 saturated heterocycles. The molecule has 1 fully saturated rings. The highest BCUT2D eigenvalue weighted by atomic mass is 35.5. The van der Waals surface area contributed by atoms with Crippen LogP contribution in [0.3, 0.4) is 0 Å². The lowest BCUT2D eigenvalue weighted by atomic mass is 10.2. The normalized spacial score (nSPS) is 16.7. The molecule has 0 atom stereocenters. The van der Waals surface area contributed by atoms with Crippen molar-refractivity contribution in [1.29, 1.82) is 0 Å². The summed E-state index contributed by atoms with van der Waals surface area (Å²) < 4.78 is 54.3. The van der Waals surface area contributed by atoms with Crippen LogP contribution in [0.2, 0.25) is 0 Å². The van der Waals surface area contributed by atoms with Crippen molar-refractivity contribution in [1.82, 2.24) is 14.3 Å². The first-order chi connectivity index (χ1) is 11.9. The number of sulfonamides is 2. The van der Waals surface area contributed by atoms with Gasteiger partial charge in [0.1, 0.15) is 0 Å². The fraction of sp³-hybridized carbons (Fsp3) is 0.625. The van der Waals surface area contributed by atoms with E-state index in [0.29, 0.717) is 32.6 Å². The zero-order chi connectivity index (χ0) is 18.3. The Kier molecular flexibility index (Phi) is 9.49. The van der Waals surface area contributed by atoms with E-state index in [9.17, 15) is 16.8 Å². The third-order valence-electron chi connectivity index (χ3n) is 4.21. The first kappa shape index (κ1) is 23.3. The molecule has 1 aromatic rings. The highest BCUT2D eigenvalue weighted by Gasteiger charge is 2.26. The maximum Gasteiger partial charge on any atom is 0.243 e. The van der Waals surface area contributed by atoms with Crippen molar-refractivity contribution in [2.45, 2.75) is 41.9 Å². The fourth-order valence-corrected chi connectivity index (χ4v) is 5.55. The van der Waals surface area contributed by atoms with Crippen LogP contribution in [0.15, 0.2) is 34.1 Å². The van der Waals surface area contributed by atoms with Crippen LogP contribution in [0.5, 0.6) is 0 Å². The summed E-state index contributed by atoms with van der Waals surface area (Å²) in [7, 11) is -5.59. The SMILES string of the molecule is CNCCCNS(=O)(=O)c1cccc(S(=O)(=O)N2CCCCCC2)c1.Cl. The number of rotatable bonds is 8. The maximum atomic E-state index is 12.8.